The van der Waals surface area contributed by atoms with E-state index in [4.69, 9.17) is 4.42 Å². The van der Waals surface area contributed by atoms with Crippen LogP contribution in [0.15, 0.2) is 49.4 Å². The zero-order chi connectivity index (χ0) is 16.4. The summed E-state index contributed by atoms with van der Waals surface area (Å²) in [6.45, 7) is -0.372. The molecule has 2 aromatic heterocycles. The largest absolute Gasteiger partial charge is 0.437 e. The molecule has 0 saturated carbocycles. The van der Waals surface area contributed by atoms with Crippen LogP contribution in [-0.2, 0) is 11.3 Å². The van der Waals surface area contributed by atoms with Gasteiger partial charge in [-0.3, -0.25) is 4.79 Å². The smallest absolute Gasteiger partial charge is 0.387 e. The fraction of sp³-hybridized carbons (Fsp3) is 0.0714. The first-order chi connectivity index (χ1) is 11.0. The fourth-order valence-electron chi connectivity index (χ4n) is 1.82. The number of hydrogen-bond donors (Lipinski definition) is 1. The van der Waals surface area contributed by atoms with Gasteiger partial charge < -0.3 is 9.73 Å². The van der Waals surface area contributed by atoms with Crippen LogP contribution < -0.4 is 11.1 Å². The summed E-state index contributed by atoms with van der Waals surface area (Å²) in [4.78, 5) is 24.3. The topological polar surface area (TPSA) is 77.1 Å². The van der Waals surface area contributed by atoms with E-state index in [2.05, 4.69) is 26.3 Å². The molecule has 0 atom stereocenters. The molecule has 1 amide bonds. The van der Waals surface area contributed by atoms with Crippen molar-refractivity contribution in [2.24, 2.45) is 0 Å². The van der Waals surface area contributed by atoms with Crippen molar-refractivity contribution in [1.29, 1.82) is 0 Å². The van der Waals surface area contributed by atoms with Gasteiger partial charge in [-0.2, -0.15) is 4.68 Å². The Kier molecular flexibility index (Phi) is 4.39. The number of hydrogen-bond acceptors (Lipinski definition) is 5. The van der Waals surface area contributed by atoms with Gasteiger partial charge in [0.2, 0.25) is 5.91 Å². The van der Waals surface area contributed by atoms with E-state index in [0.29, 0.717) is 9.35 Å². The number of halogens is 2. The van der Waals surface area contributed by atoms with Crippen molar-refractivity contribution in [2.45, 2.75) is 6.54 Å². The van der Waals surface area contributed by atoms with E-state index < -0.39 is 17.5 Å². The molecule has 0 unspecified atom stereocenters. The van der Waals surface area contributed by atoms with E-state index in [-0.39, 0.29) is 18.1 Å². The lowest BCUT2D eigenvalue weighted by molar-refractivity contribution is -0.117. The van der Waals surface area contributed by atoms with Crippen molar-refractivity contribution >= 4 is 38.9 Å². The summed E-state index contributed by atoms with van der Waals surface area (Å²) in [6.07, 6.45) is 0. The zero-order valence-electron chi connectivity index (χ0n) is 11.5. The first-order valence-electron chi connectivity index (χ1n) is 6.39. The van der Waals surface area contributed by atoms with Crippen LogP contribution in [0, 0.1) is 5.82 Å². The molecule has 3 rings (SSSR count). The molecular formula is C14H9BrFN3O3S. The number of anilines is 1. The van der Waals surface area contributed by atoms with E-state index in [1.165, 1.54) is 23.5 Å². The number of thiophene rings is 1. The van der Waals surface area contributed by atoms with Crippen LogP contribution >= 0.6 is 27.3 Å². The Morgan fingerprint density at radius 2 is 2.26 bits per heavy atom. The predicted octanol–water partition coefficient (Wildman–Crippen LogP) is 3.11. The second-order valence-electron chi connectivity index (χ2n) is 4.48. The van der Waals surface area contributed by atoms with Crippen LogP contribution in [-0.4, -0.2) is 15.7 Å². The van der Waals surface area contributed by atoms with Crippen LogP contribution in [0.4, 0.5) is 10.1 Å². The normalized spacial score (nSPS) is 10.7. The molecule has 0 aliphatic heterocycles. The molecule has 3 aromatic rings. The molecule has 0 fully saturated rings. The number of carbonyl (C=O) groups excluding carboxylic acids is 1. The Morgan fingerprint density at radius 3 is 2.96 bits per heavy atom. The van der Waals surface area contributed by atoms with Gasteiger partial charge in [0, 0.05) is 4.47 Å². The Hall–Kier alpha value is -2.26. The average Bonchev–Trinajstić information content (AvgIpc) is 3.13. The molecular weight excluding hydrogens is 389 g/mol. The van der Waals surface area contributed by atoms with Gasteiger partial charge in [-0.25, -0.2) is 9.18 Å². The number of rotatable bonds is 4. The van der Waals surface area contributed by atoms with Gasteiger partial charge in [0.1, 0.15) is 12.4 Å². The monoisotopic (exact) mass is 397 g/mol. The predicted molar refractivity (Wildman–Crippen MR) is 86.8 cm³/mol. The molecule has 1 aromatic carbocycles. The first kappa shape index (κ1) is 15.6. The Labute approximate surface area is 141 Å². The molecule has 0 aliphatic rings. The standard InChI is InChI=1S/C14H9BrFN3O3S/c15-8-3-4-10(9(16)6-8)17-12(20)7-19-14(21)22-13(18-19)11-2-1-5-23-11/h1-6H,7H2,(H,17,20). The van der Waals surface area contributed by atoms with Crippen molar-refractivity contribution in [3.05, 3.63) is 56.6 Å². The van der Waals surface area contributed by atoms with E-state index in [1.807, 2.05) is 5.38 Å². The SMILES string of the molecule is O=C(Cn1nc(-c2cccs2)oc1=O)Nc1ccc(Br)cc1F. The molecule has 1 N–H and O–H groups in total. The van der Waals surface area contributed by atoms with Crippen molar-refractivity contribution in [2.75, 3.05) is 5.32 Å². The fourth-order valence-corrected chi connectivity index (χ4v) is 2.80. The number of aromatic nitrogens is 2. The highest BCUT2D eigenvalue weighted by atomic mass is 79.9. The minimum Gasteiger partial charge on any atom is -0.387 e. The molecule has 0 saturated heterocycles. The van der Waals surface area contributed by atoms with Crippen LogP contribution in [0.5, 0.6) is 0 Å². The van der Waals surface area contributed by atoms with E-state index in [0.717, 1.165) is 4.68 Å². The second-order valence-corrected chi connectivity index (χ2v) is 6.34. The van der Waals surface area contributed by atoms with E-state index >= 15 is 0 Å². The number of nitrogens with one attached hydrogen (secondary N) is 1. The van der Waals surface area contributed by atoms with Crippen LogP contribution in [0.3, 0.4) is 0 Å². The highest BCUT2D eigenvalue weighted by Gasteiger charge is 2.15. The number of nitrogens with zero attached hydrogens (tertiary/aromatic N) is 2. The van der Waals surface area contributed by atoms with Gasteiger partial charge in [-0.15, -0.1) is 16.4 Å². The first-order valence-corrected chi connectivity index (χ1v) is 8.07. The minimum atomic E-state index is -0.750. The van der Waals surface area contributed by atoms with Crippen LogP contribution in [0.25, 0.3) is 10.8 Å². The Balaban J connectivity index is 1.74. The van der Waals surface area contributed by atoms with Crippen LogP contribution in [0.2, 0.25) is 0 Å². The third-order valence-corrected chi connectivity index (χ3v) is 4.19. The molecule has 9 heteroatoms. The zero-order valence-corrected chi connectivity index (χ0v) is 13.9. The Bertz CT molecular complexity index is 904. The number of benzene rings is 1. The van der Waals surface area contributed by atoms with Crippen molar-refractivity contribution in [3.8, 4) is 10.8 Å². The molecule has 0 radical (unpaired) electrons. The van der Waals surface area contributed by atoms with Gasteiger partial charge in [0.15, 0.2) is 0 Å². The van der Waals surface area contributed by atoms with Crippen molar-refractivity contribution < 1.29 is 13.6 Å². The lowest BCUT2D eigenvalue weighted by Crippen LogP contribution is -2.26. The van der Waals surface area contributed by atoms with Gasteiger partial charge >= 0.3 is 5.76 Å². The molecule has 0 aliphatic carbocycles. The van der Waals surface area contributed by atoms with Gasteiger partial charge in [0.05, 0.1) is 10.6 Å². The number of carbonyl (C=O) groups is 1. The quantitative estimate of drug-likeness (QED) is 0.733. The highest BCUT2D eigenvalue weighted by Crippen LogP contribution is 2.21. The summed E-state index contributed by atoms with van der Waals surface area (Å²) in [5.41, 5.74) is 0.0215. The van der Waals surface area contributed by atoms with Crippen LogP contribution in [0.1, 0.15) is 0 Å². The molecule has 6 nitrogen and oxygen atoms in total. The van der Waals surface area contributed by atoms with E-state index in [9.17, 15) is 14.0 Å². The summed E-state index contributed by atoms with van der Waals surface area (Å²) in [5, 5.41) is 8.16. The maximum absolute atomic E-state index is 13.7. The Morgan fingerprint density at radius 1 is 1.43 bits per heavy atom. The summed E-state index contributed by atoms with van der Waals surface area (Å²) in [6, 6.07) is 7.78. The molecule has 2 heterocycles. The highest BCUT2D eigenvalue weighted by molar-refractivity contribution is 9.10. The van der Waals surface area contributed by atoms with Crippen molar-refractivity contribution in [1.82, 2.24) is 9.78 Å². The summed E-state index contributed by atoms with van der Waals surface area (Å²) < 4.78 is 20.1. The number of amides is 1. The maximum atomic E-state index is 13.7. The lowest BCUT2D eigenvalue weighted by atomic mass is 10.3. The molecule has 23 heavy (non-hydrogen) atoms. The van der Waals surface area contributed by atoms with Gasteiger partial charge in [-0.1, -0.05) is 22.0 Å². The molecule has 0 bridgehead atoms. The summed E-state index contributed by atoms with van der Waals surface area (Å²) >= 11 is 4.49. The van der Waals surface area contributed by atoms with Gasteiger partial charge in [-0.05, 0) is 29.6 Å². The van der Waals surface area contributed by atoms with E-state index in [1.54, 1.807) is 18.2 Å². The van der Waals surface area contributed by atoms with Gasteiger partial charge in [0.25, 0.3) is 5.89 Å². The molecule has 0 spiro atoms. The molecule has 118 valence electrons. The lowest BCUT2D eigenvalue weighted by Gasteiger charge is -2.05. The second kappa shape index (κ2) is 6.47. The van der Waals surface area contributed by atoms with Crippen molar-refractivity contribution in [3.63, 3.8) is 0 Å². The third-order valence-electron chi connectivity index (χ3n) is 2.84. The maximum Gasteiger partial charge on any atom is 0.437 e. The minimum absolute atomic E-state index is 0.0215. The average molecular weight is 398 g/mol. The summed E-state index contributed by atoms with van der Waals surface area (Å²) in [7, 11) is 0. The third kappa shape index (κ3) is 3.57. The summed E-state index contributed by atoms with van der Waals surface area (Å²) in [5.74, 6) is -1.77.